The maximum absolute atomic E-state index is 12.1. The molecule has 1 fully saturated rings. The van der Waals surface area contributed by atoms with Crippen LogP contribution in [0.3, 0.4) is 0 Å². The van der Waals surface area contributed by atoms with Crippen LogP contribution in [0.1, 0.15) is 30.9 Å². The number of benzene rings is 1. The molecule has 2 rings (SSSR count). The van der Waals surface area contributed by atoms with Crippen molar-refractivity contribution in [3.8, 4) is 0 Å². The van der Waals surface area contributed by atoms with Crippen molar-refractivity contribution in [3.05, 3.63) is 35.4 Å². The van der Waals surface area contributed by atoms with Gasteiger partial charge in [0.15, 0.2) is 0 Å². The van der Waals surface area contributed by atoms with Gasteiger partial charge in [-0.15, -0.1) is 0 Å². The van der Waals surface area contributed by atoms with E-state index in [4.69, 9.17) is 5.84 Å². The van der Waals surface area contributed by atoms with Gasteiger partial charge in [-0.1, -0.05) is 31.2 Å². The molecular weight excluding hydrogens is 254 g/mol. The second-order valence-corrected chi connectivity index (χ2v) is 5.32. The first-order valence-electron chi connectivity index (χ1n) is 6.97. The van der Waals surface area contributed by atoms with Crippen molar-refractivity contribution in [1.29, 1.82) is 0 Å². The van der Waals surface area contributed by atoms with E-state index in [1.807, 2.05) is 36.1 Å². The Bertz CT molecular complexity index is 502. The van der Waals surface area contributed by atoms with Crippen LogP contribution in [0, 0.1) is 5.92 Å². The molecule has 0 radical (unpaired) electrons. The Morgan fingerprint density at radius 3 is 2.80 bits per heavy atom. The molecule has 1 unspecified atom stereocenters. The molecule has 0 spiro atoms. The number of hydrogen-bond acceptors (Lipinski definition) is 3. The highest BCUT2D eigenvalue weighted by Gasteiger charge is 2.25. The molecule has 1 heterocycles. The van der Waals surface area contributed by atoms with Gasteiger partial charge in [-0.25, -0.2) is 5.84 Å². The summed E-state index contributed by atoms with van der Waals surface area (Å²) in [5.74, 6) is 5.21. The van der Waals surface area contributed by atoms with Crippen LogP contribution < -0.4 is 11.3 Å². The van der Waals surface area contributed by atoms with Gasteiger partial charge in [0, 0.05) is 19.0 Å². The van der Waals surface area contributed by atoms with Gasteiger partial charge in [0.2, 0.25) is 11.8 Å². The number of likely N-dealkylation sites (tertiary alicyclic amines) is 1. The summed E-state index contributed by atoms with van der Waals surface area (Å²) in [5, 5.41) is 0. The Hall–Kier alpha value is -1.88. The Kier molecular flexibility index (Phi) is 4.74. The summed E-state index contributed by atoms with van der Waals surface area (Å²) >= 11 is 0. The summed E-state index contributed by atoms with van der Waals surface area (Å²) in [7, 11) is 0. The zero-order valence-corrected chi connectivity index (χ0v) is 11.8. The minimum absolute atomic E-state index is 0.100. The number of nitrogens with one attached hydrogen (secondary N) is 1. The van der Waals surface area contributed by atoms with Gasteiger partial charge in [-0.2, -0.15) is 0 Å². The highest BCUT2D eigenvalue weighted by Crippen LogP contribution is 2.21. The molecule has 20 heavy (non-hydrogen) atoms. The number of piperidine rings is 1. The Morgan fingerprint density at radius 2 is 2.10 bits per heavy atom. The van der Waals surface area contributed by atoms with Crippen LogP contribution in [-0.4, -0.2) is 23.3 Å². The lowest BCUT2D eigenvalue weighted by Gasteiger charge is -2.31. The fourth-order valence-corrected chi connectivity index (χ4v) is 2.60. The summed E-state index contributed by atoms with van der Waals surface area (Å²) in [4.78, 5) is 25.5. The van der Waals surface area contributed by atoms with E-state index in [0.29, 0.717) is 6.54 Å². The van der Waals surface area contributed by atoms with Crippen molar-refractivity contribution in [3.63, 3.8) is 0 Å². The highest BCUT2D eigenvalue weighted by molar-refractivity contribution is 5.80. The lowest BCUT2D eigenvalue weighted by atomic mass is 9.97. The number of nitrogens with zero attached hydrogens (tertiary/aromatic N) is 1. The van der Waals surface area contributed by atoms with Crippen LogP contribution in [-0.2, 0) is 22.6 Å². The molecule has 108 valence electrons. The summed E-state index contributed by atoms with van der Waals surface area (Å²) in [6.07, 6.45) is 2.25. The van der Waals surface area contributed by atoms with Crippen molar-refractivity contribution in [2.45, 2.75) is 32.7 Å². The number of carbonyl (C=O) groups excluding carboxylic acids is 2. The number of carbonyl (C=O) groups is 2. The van der Waals surface area contributed by atoms with Crippen molar-refractivity contribution >= 4 is 11.8 Å². The van der Waals surface area contributed by atoms with E-state index in [0.717, 1.165) is 30.5 Å². The van der Waals surface area contributed by atoms with Gasteiger partial charge in [0.05, 0.1) is 6.42 Å². The van der Waals surface area contributed by atoms with E-state index in [2.05, 4.69) is 5.43 Å². The maximum Gasteiger partial charge on any atom is 0.238 e. The van der Waals surface area contributed by atoms with Crippen LogP contribution in [0.4, 0.5) is 0 Å². The van der Waals surface area contributed by atoms with Crippen LogP contribution in [0.25, 0.3) is 0 Å². The molecule has 1 atom stereocenters. The molecule has 1 saturated heterocycles. The zero-order valence-electron chi connectivity index (χ0n) is 11.8. The van der Waals surface area contributed by atoms with Gasteiger partial charge in [-0.05, 0) is 24.0 Å². The van der Waals surface area contributed by atoms with Crippen LogP contribution in [0.15, 0.2) is 24.3 Å². The number of hydrogen-bond donors (Lipinski definition) is 2. The van der Waals surface area contributed by atoms with Crippen LogP contribution in [0.2, 0.25) is 0 Å². The van der Waals surface area contributed by atoms with Gasteiger partial charge < -0.3 is 4.90 Å². The monoisotopic (exact) mass is 275 g/mol. The minimum Gasteiger partial charge on any atom is -0.338 e. The summed E-state index contributed by atoms with van der Waals surface area (Å²) in [5.41, 5.74) is 4.07. The summed E-state index contributed by atoms with van der Waals surface area (Å²) in [6.45, 7) is 3.33. The molecule has 0 bridgehead atoms. The smallest absolute Gasteiger partial charge is 0.238 e. The van der Waals surface area contributed by atoms with E-state index < -0.39 is 0 Å². The van der Waals surface area contributed by atoms with E-state index in [1.165, 1.54) is 0 Å². The van der Waals surface area contributed by atoms with Crippen molar-refractivity contribution in [2.24, 2.45) is 11.8 Å². The van der Waals surface area contributed by atoms with E-state index >= 15 is 0 Å². The van der Waals surface area contributed by atoms with E-state index in [1.54, 1.807) is 0 Å². The Morgan fingerprint density at radius 1 is 1.40 bits per heavy atom. The Labute approximate surface area is 119 Å². The van der Waals surface area contributed by atoms with Gasteiger partial charge in [-0.3, -0.25) is 15.0 Å². The maximum atomic E-state index is 12.1. The summed E-state index contributed by atoms with van der Waals surface area (Å²) in [6, 6.07) is 7.69. The second-order valence-electron chi connectivity index (χ2n) is 5.32. The standard InChI is InChI=1S/C15H21N3O2/c1-11-5-4-8-18(15(11)20)10-13-7-3-2-6-12(13)9-14(19)17-16/h2-3,6-7,11H,4-5,8-10,16H2,1H3,(H,17,19). The molecule has 0 aliphatic carbocycles. The molecule has 3 N–H and O–H groups in total. The fourth-order valence-electron chi connectivity index (χ4n) is 2.60. The zero-order chi connectivity index (χ0) is 14.5. The lowest BCUT2D eigenvalue weighted by Crippen LogP contribution is -2.39. The third-order valence-corrected chi connectivity index (χ3v) is 3.79. The number of hydrazine groups is 1. The molecular formula is C15H21N3O2. The van der Waals surface area contributed by atoms with Gasteiger partial charge in [0.25, 0.3) is 0 Å². The van der Waals surface area contributed by atoms with Crippen molar-refractivity contribution in [1.82, 2.24) is 10.3 Å². The van der Waals surface area contributed by atoms with Crippen LogP contribution >= 0.6 is 0 Å². The van der Waals surface area contributed by atoms with E-state index in [-0.39, 0.29) is 24.2 Å². The molecule has 1 aromatic carbocycles. The Balaban J connectivity index is 2.12. The molecule has 2 amide bonds. The first-order valence-corrected chi connectivity index (χ1v) is 6.97. The van der Waals surface area contributed by atoms with Crippen molar-refractivity contribution < 1.29 is 9.59 Å². The third kappa shape index (κ3) is 3.36. The molecule has 5 heteroatoms. The lowest BCUT2D eigenvalue weighted by molar-refractivity contribution is -0.138. The number of rotatable bonds is 4. The average molecular weight is 275 g/mol. The quantitative estimate of drug-likeness (QED) is 0.488. The predicted molar refractivity (Wildman–Crippen MR) is 76.3 cm³/mol. The predicted octanol–water partition coefficient (Wildman–Crippen LogP) is 0.977. The molecule has 0 saturated carbocycles. The highest BCUT2D eigenvalue weighted by atomic mass is 16.2. The number of amides is 2. The second kappa shape index (κ2) is 6.52. The first-order chi connectivity index (χ1) is 9.61. The SMILES string of the molecule is CC1CCCN(Cc2ccccc2CC(=O)NN)C1=O. The third-order valence-electron chi connectivity index (χ3n) is 3.79. The van der Waals surface area contributed by atoms with E-state index in [9.17, 15) is 9.59 Å². The largest absolute Gasteiger partial charge is 0.338 e. The van der Waals surface area contributed by atoms with Gasteiger partial charge in [0.1, 0.15) is 0 Å². The molecule has 0 aromatic heterocycles. The summed E-state index contributed by atoms with van der Waals surface area (Å²) < 4.78 is 0. The fraction of sp³-hybridized carbons (Fsp3) is 0.467. The van der Waals surface area contributed by atoms with Gasteiger partial charge >= 0.3 is 0 Å². The van der Waals surface area contributed by atoms with Crippen molar-refractivity contribution in [2.75, 3.05) is 6.54 Å². The first kappa shape index (κ1) is 14.5. The normalized spacial score (nSPS) is 19.0. The number of nitrogens with two attached hydrogens (primary N) is 1. The molecule has 1 aliphatic rings. The topological polar surface area (TPSA) is 75.4 Å². The molecule has 1 aromatic rings. The average Bonchev–Trinajstić information content (AvgIpc) is 2.45. The molecule has 5 nitrogen and oxygen atoms in total. The molecule has 1 aliphatic heterocycles. The minimum atomic E-state index is -0.226. The van der Waals surface area contributed by atoms with Crippen LogP contribution in [0.5, 0.6) is 0 Å².